The zero-order valence-electron chi connectivity index (χ0n) is 9.53. The van der Waals surface area contributed by atoms with Crippen LogP contribution >= 0.6 is 11.8 Å². The van der Waals surface area contributed by atoms with E-state index in [-0.39, 0.29) is 5.12 Å². The van der Waals surface area contributed by atoms with Crippen LogP contribution in [-0.4, -0.2) is 16.2 Å². The van der Waals surface area contributed by atoms with E-state index in [2.05, 4.69) is 0 Å². The fourth-order valence-electron chi connectivity index (χ4n) is 1.60. The van der Waals surface area contributed by atoms with E-state index in [1.165, 1.54) is 0 Å². The first kappa shape index (κ1) is 12.8. The Labute approximate surface area is 98.9 Å². The molecular weight excluding hydrogens is 224 g/mol. The third-order valence-electron chi connectivity index (χ3n) is 2.12. The standard InChI is InChI=1S/C12H14O3S/c1-7-4-8(2)12(9(3)5-7)16-11(15)6-10(13)14/h4-5H,6H2,1-3H3,(H,13,14). The molecule has 0 amide bonds. The van der Waals surface area contributed by atoms with Gasteiger partial charge in [0, 0.05) is 4.90 Å². The van der Waals surface area contributed by atoms with Gasteiger partial charge in [-0.25, -0.2) is 0 Å². The van der Waals surface area contributed by atoms with Crippen LogP contribution in [0.5, 0.6) is 0 Å². The molecule has 86 valence electrons. The Morgan fingerprint density at radius 1 is 1.19 bits per heavy atom. The molecule has 3 nitrogen and oxygen atoms in total. The monoisotopic (exact) mass is 238 g/mol. The molecule has 0 bridgehead atoms. The predicted octanol–water partition coefficient (Wildman–Crippen LogP) is 2.71. The molecule has 0 saturated carbocycles. The van der Waals surface area contributed by atoms with Crippen molar-refractivity contribution in [2.45, 2.75) is 32.1 Å². The number of hydrogen-bond acceptors (Lipinski definition) is 3. The van der Waals surface area contributed by atoms with E-state index in [1.54, 1.807) is 0 Å². The van der Waals surface area contributed by atoms with Crippen LogP contribution in [0.15, 0.2) is 17.0 Å². The second-order valence-corrected chi connectivity index (χ2v) is 4.84. The largest absolute Gasteiger partial charge is 0.481 e. The number of carbonyl (C=O) groups is 2. The van der Waals surface area contributed by atoms with E-state index >= 15 is 0 Å². The SMILES string of the molecule is Cc1cc(C)c(SC(=O)CC(=O)O)c(C)c1. The summed E-state index contributed by atoms with van der Waals surface area (Å²) >= 11 is 1.01. The minimum Gasteiger partial charge on any atom is -0.481 e. The summed E-state index contributed by atoms with van der Waals surface area (Å²) in [6.07, 6.45) is -0.433. The van der Waals surface area contributed by atoms with Crippen molar-refractivity contribution in [2.24, 2.45) is 0 Å². The summed E-state index contributed by atoms with van der Waals surface area (Å²) in [5.41, 5.74) is 3.17. The Morgan fingerprint density at radius 2 is 1.69 bits per heavy atom. The first-order chi connectivity index (χ1) is 7.40. The van der Waals surface area contributed by atoms with E-state index < -0.39 is 12.4 Å². The van der Waals surface area contributed by atoms with Crippen LogP contribution in [-0.2, 0) is 9.59 Å². The number of carboxylic acid groups (broad SMARTS) is 1. The second kappa shape index (κ2) is 5.16. The molecule has 0 radical (unpaired) electrons. The van der Waals surface area contributed by atoms with Gasteiger partial charge >= 0.3 is 5.97 Å². The Kier molecular flexibility index (Phi) is 4.12. The van der Waals surface area contributed by atoms with Crippen LogP contribution in [0.2, 0.25) is 0 Å². The molecule has 0 aliphatic carbocycles. The fourth-order valence-corrected chi connectivity index (χ4v) is 2.46. The summed E-state index contributed by atoms with van der Waals surface area (Å²) in [6, 6.07) is 3.98. The summed E-state index contributed by atoms with van der Waals surface area (Å²) in [4.78, 5) is 22.7. The van der Waals surface area contributed by atoms with E-state index in [0.29, 0.717) is 0 Å². The van der Waals surface area contributed by atoms with Crippen molar-refractivity contribution in [3.05, 3.63) is 28.8 Å². The number of benzene rings is 1. The zero-order valence-corrected chi connectivity index (χ0v) is 10.4. The molecule has 4 heteroatoms. The molecule has 0 aromatic heterocycles. The summed E-state index contributed by atoms with van der Waals surface area (Å²) in [5.74, 6) is -1.08. The first-order valence-corrected chi connectivity index (χ1v) is 5.72. The van der Waals surface area contributed by atoms with Gasteiger partial charge < -0.3 is 5.11 Å². The average molecular weight is 238 g/mol. The number of aliphatic carboxylic acids is 1. The van der Waals surface area contributed by atoms with Gasteiger partial charge in [-0.05, 0) is 31.9 Å². The van der Waals surface area contributed by atoms with Crippen LogP contribution in [0, 0.1) is 20.8 Å². The van der Waals surface area contributed by atoms with Crippen molar-refractivity contribution in [1.29, 1.82) is 0 Å². The van der Waals surface area contributed by atoms with E-state index in [4.69, 9.17) is 5.11 Å². The number of aryl methyl sites for hydroxylation is 3. The van der Waals surface area contributed by atoms with Crippen molar-refractivity contribution in [3.8, 4) is 0 Å². The molecule has 0 unspecified atom stereocenters. The minimum absolute atomic E-state index is 0.331. The van der Waals surface area contributed by atoms with E-state index in [9.17, 15) is 9.59 Å². The molecule has 0 spiro atoms. The van der Waals surface area contributed by atoms with Crippen molar-refractivity contribution in [3.63, 3.8) is 0 Å². The lowest BCUT2D eigenvalue weighted by molar-refractivity contribution is -0.138. The molecule has 0 saturated heterocycles. The maximum absolute atomic E-state index is 11.4. The zero-order chi connectivity index (χ0) is 12.3. The molecule has 16 heavy (non-hydrogen) atoms. The Hall–Kier alpha value is -1.29. The Balaban J connectivity index is 2.89. The highest BCUT2D eigenvalue weighted by Gasteiger charge is 2.13. The van der Waals surface area contributed by atoms with Gasteiger partial charge in [0.1, 0.15) is 6.42 Å². The van der Waals surface area contributed by atoms with Crippen LogP contribution < -0.4 is 0 Å². The second-order valence-electron chi connectivity index (χ2n) is 3.77. The Bertz CT molecular complexity index is 415. The van der Waals surface area contributed by atoms with Crippen LogP contribution in [0.1, 0.15) is 23.1 Å². The van der Waals surface area contributed by atoms with Gasteiger partial charge in [-0.15, -0.1) is 0 Å². The number of carbonyl (C=O) groups excluding carboxylic acids is 1. The summed E-state index contributed by atoms with van der Waals surface area (Å²) in [6.45, 7) is 5.85. The molecule has 1 rings (SSSR count). The van der Waals surface area contributed by atoms with E-state index in [1.807, 2.05) is 32.9 Å². The van der Waals surface area contributed by atoms with Gasteiger partial charge in [0.2, 0.25) is 5.12 Å². The molecule has 0 fully saturated rings. The van der Waals surface area contributed by atoms with Crippen LogP contribution in [0.3, 0.4) is 0 Å². The van der Waals surface area contributed by atoms with Crippen LogP contribution in [0.4, 0.5) is 0 Å². The fraction of sp³-hybridized carbons (Fsp3) is 0.333. The highest BCUT2D eigenvalue weighted by atomic mass is 32.2. The molecule has 0 heterocycles. The molecule has 1 N–H and O–H groups in total. The third kappa shape index (κ3) is 3.38. The topological polar surface area (TPSA) is 54.4 Å². The lowest BCUT2D eigenvalue weighted by Gasteiger charge is -2.09. The minimum atomic E-state index is -1.08. The molecule has 0 aliphatic heterocycles. The maximum Gasteiger partial charge on any atom is 0.311 e. The predicted molar refractivity (Wildman–Crippen MR) is 63.8 cm³/mol. The molecule has 1 aromatic carbocycles. The van der Waals surface area contributed by atoms with Gasteiger partial charge in [-0.2, -0.15) is 0 Å². The molecular formula is C12H14O3S. The molecule has 0 atom stereocenters. The normalized spacial score (nSPS) is 10.2. The lowest BCUT2D eigenvalue weighted by atomic mass is 10.1. The lowest BCUT2D eigenvalue weighted by Crippen LogP contribution is -2.03. The summed E-state index contributed by atoms with van der Waals surface area (Å²) in [5, 5.41) is 8.18. The number of rotatable bonds is 3. The van der Waals surface area contributed by atoms with Crippen molar-refractivity contribution < 1.29 is 14.7 Å². The van der Waals surface area contributed by atoms with Crippen molar-refractivity contribution in [1.82, 2.24) is 0 Å². The Morgan fingerprint density at radius 3 is 2.12 bits per heavy atom. The van der Waals surface area contributed by atoms with Gasteiger partial charge in [0.15, 0.2) is 0 Å². The maximum atomic E-state index is 11.4. The van der Waals surface area contributed by atoms with Crippen molar-refractivity contribution in [2.75, 3.05) is 0 Å². The highest BCUT2D eigenvalue weighted by Crippen LogP contribution is 2.28. The van der Waals surface area contributed by atoms with Crippen molar-refractivity contribution >= 4 is 22.8 Å². The van der Waals surface area contributed by atoms with Gasteiger partial charge in [0.05, 0.1) is 0 Å². The smallest absolute Gasteiger partial charge is 0.311 e. The molecule has 1 aromatic rings. The number of carboxylic acids is 1. The highest BCUT2D eigenvalue weighted by molar-refractivity contribution is 8.13. The summed E-state index contributed by atoms with van der Waals surface area (Å²) in [7, 11) is 0. The van der Waals surface area contributed by atoms with Gasteiger partial charge in [0.25, 0.3) is 0 Å². The average Bonchev–Trinajstić information content (AvgIpc) is 2.09. The first-order valence-electron chi connectivity index (χ1n) is 4.90. The van der Waals surface area contributed by atoms with Gasteiger partial charge in [-0.3, -0.25) is 9.59 Å². The number of hydrogen-bond donors (Lipinski definition) is 1. The van der Waals surface area contributed by atoms with Crippen LogP contribution in [0.25, 0.3) is 0 Å². The molecule has 0 aliphatic rings. The number of thioether (sulfide) groups is 1. The van der Waals surface area contributed by atoms with Gasteiger partial charge in [-0.1, -0.05) is 29.5 Å². The third-order valence-corrected chi connectivity index (χ3v) is 3.34. The summed E-state index contributed by atoms with van der Waals surface area (Å²) < 4.78 is 0. The van der Waals surface area contributed by atoms with E-state index in [0.717, 1.165) is 33.3 Å². The quantitative estimate of drug-likeness (QED) is 0.649.